The van der Waals surface area contributed by atoms with Gasteiger partial charge in [0.15, 0.2) is 0 Å². The van der Waals surface area contributed by atoms with Gasteiger partial charge in [-0.3, -0.25) is 0 Å². The van der Waals surface area contributed by atoms with Crippen molar-refractivity contribution in [3.05, 3.63) is 0 Å². The van der Waals surface area contributed by atoms with Crippen LogP contribution in [0.4, 0.5) is 0 Å². The minimum Gasteiger partial charge on any atom is -0.328 e. The van der Waals surface area contributed by atoms with E-state index in [-0.39, 0.29) is 0 Å². The van der Waals surface area contributed by atoms with Gasteiger partial charge in [0, 0.05) is 5.92 Å². The molecule has 0 saturated heterocycles. The first-order chi connectivity index (χ1) is 5.02. The van der Waals surface area contributed by atoms with Crippen molar-refractivity contribution in [2.24, 2.45) is 5.92 Å². The number of nitrogens with zero attached hydrogens (tertiary/aromatic N) is 1. The van der Waals surface area contributed by atoms with Crippen LogP contribution in [-0.4, -0.2) is 31.7 Å². The van der Waals surface area contributed by atoms with Crippen molar-refractivity contribution >= 4 is 0 Å². The molecule has 1 nitrogen and oxygen atoms in total. The third-order valence-electron chi connectivity index (χ3n) is 2.44. The molecule has 0 aliphatic rings. The van der Waals surface area contributed by atoms with E-state index in [0.717, 1.165) is 5.92 Å². The molecule has 0 aromatic carbocycles. The van der Waals surface area contributed by atoms with Gasteiger partial charge < -0.3 is 4.48 Å². The molecule has 0 radical (unpaired) electrons. The SMILES string of the molecule is CCCC(C)C[N+](C)(C)CC. The second-order valence-corrected chi connectivity index (χ2v) is 4.33. The summed E-state index contributed by atoms with van der Waals surface area (Å²) in [5.41, 5.74) is 0. The first kappa shape index (κ1) is 11.0. The van der Waals surface area contributed by atoms with Crippen LogP contribution in [0.3, 0.4) is 0 Å². The Morgan fingerprint density at radius 1 is 1.18 bits per heavy atom. The van der Waals surface area contributed by atoms with Gasteiger partial charge in [0.25, 0.3) is 0 Å². The van der Waals surface area contributed by atoms with Crippen LogP contribution in [0.5, 0.6) is 0 Å². The fraction of sp³-hybridized carbons (Fsp3) is 1.00. The fourth-order valence-corrected chi connectivity index (χ4v) is 1.56. The summed E-state index contributed by atoms with van der Waals surface area (Å²) in [4.78, 5) is 0. The molecule has 0 aromatic heterocycles. The molecule has 11 heavy (non-hydrogen) atoms. The molecule has 0 aliphatic carbocycles. The number of rotatable bonds is 5. The maximum atomic E-state index is 2.36. The summed E-state index contributed by atoms with van der Waals surface area (Å²) < 4.78 is 1.17. The minimum absolute atomic E-state index is 0.884. The van der Waals surface area contributed by atoms with Crippen molar-refractivity contribution in [1.29, 1.82) is 0 Å². The van der Waals surface area contributed by atoms with E-state index in [1.54, 1.807) is 0 Å². The highest BCUT2D eigenvalue weighted by Crippen LogP contribution is 2.10. The average molecular weight is 158 g/mol. The Labute approximate surface area is 72.0 Å². The summed E-state index contributed by atoms with van der Waals surface area (Å²) >= 11 is 0. The maximum absolute atomic E-state index is 2.36. The lowest BCUT2D eigenvalue weighted by molar-refractivity contribution is -0.891. The van der Waals surface area contributed by atoms with E-state index in [4.69, 9.17) is 0 Å². The lowest BCUT2D eigenvalue weighted by Gasteiger charge is -2.31. The molecule has 0 heterocycles. The lowest BCUT2D eigenvalue weighted by atomic mass is 10.1. The molecule has 1 heteroatoms. The summed E-state index contributed by atoms with van der Waals surface area (Å²) in [6.45, 7) is 9.46. The standard InChI is InChI=1S/C10H24N/c1-6-8-10(3)9-11(4,5)7-2/h10H,6-9H2,1-5H3/q+1. The summed E-state index contributed by atoms with van der Waals surface area (Å²) in [6.07, 6.45) is 2.70. The van der Waals surface area contributed by atoms with Crippen LogP contribution in [-0.2, 0) is 0 Å². The van der Waals surface area contributed by atoms with Crippen molar-refractivity contribution in [3.63, 3.8) is 0 Å². The van der Waals surface area contributed by atoms with E-state index < -0.39 is 0 Å². The van der Waals surface area contributed by atoms with Crippen molar-refractivity contribution in [3.8, 4) is 0 Å². The molecule has 1 atom stereocenters. The van der Waals surface area contributed by atoms with Gasteiger partial charge in [0.2, 0.25) is 0 Å². The molecule has 0 fully saturated rings. The molecule has 0 rings (SSSR count). The van der Waals surface area contributed by atoms with Crippen LogP contribution in [0.15, 0.2) is 0 Å². The molecule has 0 amide bonds. The molecular formula is C10H24N+. The van der Waals surface area contributed by atoms with Gasteiger partial charge in [-0.05, 0) is 13.3 Å². The third kappa shape index (κ3) is 5.25. The van der Waals surface area contributed by atoms with Crippen LogP contribution in [0.2, 0.25) is 0 Å². The molecule has 0 N–H and O–H groups in total. The van der Waals surface area contributed by atoms with Crippen LogP contribution in [0, 0.1) is 5.92 Å². The van der Waals surface area contributed by atoms with Gasteiger partial charge >= 0.3 is 0 Å². The second kappa shape index (κ2) is 4.76. The number of quaternary nitrogens is 1. The fourth-order valence-electron chi connectivity index (χ4n) is 1.56. The quantitative estimate of drug-likeness (QED) is 0.539. The van der Waals surface area contributed by atoms with Crippen LogP contribution in [0.25, 0.3) is 0 Å². The number of hydrogen-bond donors (Lipinski definition) is 0. The molecule has 68 valence electrons. The predicted molar refractivity (Wildman–Crippen MR) is 51.6 cm³/mol. The largest absolute Gasteiger partial charge is 0.328 e. The predicted octanol–water partition coefficient (Wildman–Crippen LogP) is 2.52. The molecule has 0 saturated carbocycles. The third-order valence-corrected chi connectivity index (χ3v) is 2.44. The summed E-state index contributed by atoms with van der Waals surface area (Å²) in [7, 11) is 4.62. The van der Waals surface area contributed by atoms with E-state index in [1.165, 1.54) is 30.4 Å². The minimum atomic E-state index is 0.884. The Morgan fingerprint density at radius 3 is 2.09 bits per heavy atom. The first-order valence-electron chi connectivity index (χ1n) is 4.83. The Morgan fingerprint density at radius 2 is 1.73 bits per heavy atom. The van der Waals surface area contributed by atoms with Gasteiger partial charge in [-0.25, -0.2) is 0 Å². The highest BCUT2D eigenvalue weighted by Gasteiger charge is 2.15. The van der Waals surface area contributed by atoms with Gasteiger partial charge in [-0.1, -0.05) is 20.3 Å². The van der Waals surface area contributed by atoms with Gasteiger partial charge in [-0.2, -0.15) is 0 Å². The monoisotopic (exact) mass is 158 g/mol. The van der Waals surface area contributed by atoms with E-state index in [1.807, 2.05) is 0 Å². The van der Waals surface area contributed by atoms with Crippen molar-refractivity contribution in [2.75, 3.05) is 27.2 Å². The van der Waals surface area contributed by atoms with E-state index in [9.17, 15) is 0 Å². The van der Waals surface area contributed by atoms with Crippen molar-refractivity contribution in [1.82, 2.24) is 0 Å². The molecular weight excluding hydrogens is 134 g/mol. The van der Waals surface area contributed by atoms with Crippen LogP contribution in [0.1, 0.15) is 33.6 Å². The maximum Gasteiger partial charge on any atom is 0.0808 e. The molecule has 1 unspecified atom stereocenters. The van der Waals surface area contributed by atoms with Crippen molar-refractivity contribution in [2.45, 2.75) is 33.6 Å². The highest BCUT2D eigenvalue weighted by molar-refractivity contribution is 4.49. The molecule has 0 spiro atoms. The summed E-state index contributed by atoms with van der Waals surface area (Å²) in [6, 6.07) is 0. The van der Waals surface area contributed by atoms with Crippen LogP contribution >= 0.6 is 0 Å². The van der Waals surface area contributed by atoms with Crippen molar-refractivity contribution < 1.29 is 4.48 Å². The molecule has 0 bridgehead atoms. The zero-order valence-corrected chi connectivity index (χ0v) is 8.85. The highest BCUT2D eigenvalue weighted by atomic mass is 15.3. The first-order valence-corrected chi connectivity index (χ1v) is 4.83. The van der Waals surface area contributed by atoms with E-state index in [2.05, 4.69) is 34.9 Å². The molecule has 0 aliphatic heterocycles. The zero-order chi connectivity index (χ0) is 8.91. The molecule has 0 aromatic rings. The smallest absolute Gasteiger partial charge is 0.0808 e. The van der Waals surface area contributed by atoms with E-state index in [0.29, 0.717) is 0 Å². The van der Waals surface area contributed by atoms with Gasteiger partial charge in [0.1, 0.15) is 0 Å². The zero-order valence-electron chi connectivity index (χ0n) is 8.85. The average Bonchev–Trinajstić information content (AvgIpc) is 1.87. The number of hydrogen-bond acceptors (Lipinski definition) is 0. The summed E-state index contributed by atoms with van der Waals surface area (Å²) in [5, 5.41) is 0. The Bertz CT molecular complexity index is 97.0. The Kier molecular flexibility index (Phi) is 4.74. The van der Waals surface area contributed by atoms with Gasteiger partial charge in [-0.15, -0.1) is 0 Å². The normalized spacial score (nSPS) is 15.0. The summed E-state index contributed by atoms with van der Waals surface area (Å²) in [5.74, 6) is 0.884. The van der Waals surface area contributed by atoms with Crippen LogP contribution < -0.4 is 0 Å². The lowest BCUT2D eigenvalue weighted by Crippen LogP contribution is -2.42. The second-order valence-electron chi connectivity index (χ2n) is 4.33. The van der Waals surface area contributed by atoms with Gasteiger partial charge in [0.05, 0.1) is 27.2 Å². The van der Waals surface area contributed by atoms with E-state index >= 15 is 0 Å². The topological polar surface area (TPSA) is 0 Å². The Balaban J connectivity index is 3.64. The Hall–Kier alpha value is -0.0400.